The predicted octanol–water partition coefficient (Wildman–Crippen LogP) is 2.45. The van der Waals surface area contributed by atoms with Crippen molar-refractivity contribution >= 4 is 39.5 Å². The van der Waals surface area contributed by atoms with E-state index in [0.717, 1.165) is 42.5 Å². The molecular weight excluding hydrogens is 400 g/mol. The molecule has 1 aromatic carbocycles. The topological polar surface area (TPSA) is 115 Å². The van der Waals surface area contributed by atoms with E-state index in [1.165, 1.54) is 11.3 Å². The van der Waals surface area contributed by atoms with Gasteiger partial charge in [-0.15, -0.1) is 10.2 Å². The molecular formula is C20H20N8OS. The number of fused-ring (bicyclic) bond motifs is 1. The number of carbonyl (C=O) groups is 1. The third-order valence-electron chi connectivity index (χ3n) is 5.11. The number of carbonyl (C=O) groups excluding carboxylic acids is 1. The Kier molecular flexibility index (Phi) is 4.85. The number of piperidine rings is 1. The van der Waals surface area contributed by atoms with Crippen LogP contribution >= 0.6 is 11.3 Å². The highest BCUT2D eigenvalue weighted by Crippen LogP contribution is 2.28. The molecule has 5 rings (SSSR count). The Balaban J connectivity index is 1.38. The number of nitrogens with zero attached hydrogens (tertiary/aromatic N) is 6. The molecule has 0 bridgehead atoms. The van der Waals surface area contributed by atoms with Crippen molar-refractivity contribution in [3.63, 3.8) is 0 Å². The Morgan fingerprint density at radius 1 is 1.20 bits per heavy atom. The number of nitrogens with one attached hydrogen (secondary N) is 1. The van der Waals surface area contributed by atoms with Crippen molar-refractivity contribution in [2.24, 2.45) is 5.73 Å². The highest BCUT2D eigenvalue weighted by atomic mass is 32.1. The number of benzene rings is 1. The molecule has 4 aromatic rings. The molecule has 0 spiro atoms. The molecule has 3 aromatic heterocycles. The van der Waals surface area contributed by atoms with Crippen LogP contribution in [0.4, 0.5) is 11.4 Å². The SMILES string of the molecule is N[C@@H]1CCCN(c2ccncc2NC(=O)c2nnc(-n3ncc4ccccc43)s2)C1. The van der Waals surface area contributed by atoms with E-state index in [1.807, 2.05) is 30.3 Å². The Labute approximate surface area is 176 Å². The summed E-state index contributed by atoms with van der Waals surface area (Å²) in [6, 6.07) is 9.85. The number of amides is 1. The summed E-state index contributed by atoms with van der Waals surface area (Å²) in [4.78, 5) is 19.2. The average Bonchev–Trinajstić information content (AvgIpc) is 3.41. The van der Waals surface area contributed by atoms with Gasteiger partial charge in [-0.05, 0) is 25.0 Å². The standard InChI is InChI=1S/C20H20N8OS/c21-14-5-3-9-27(12-14)17-7-8-22-11-15(17)24-18(29)19-25-26-20(30-19)28-16-6-2-1-4-13(16)10-23-28/h1-2,4,6-8,10-11,14H,3,5,9,12,21H2,(H,24,29)/t14-/m1/s1. The number of pyridine rings is 1. The van der Waals surface area contributed by atoms with Crippen molar-refractivity contribution in [3.05, 3.63) is 53.9 Å². The first-order valence-electron chi connectivity index (χ1n) is 9.71. The van der Waals surface area contributed by atoms with E-state index in [2.05, 4.69) is 30.5 Å². The van der Waals surface area contributed by atoms with Gasteiger partial charge in [-0.2, -0.15) is 5.10 Å². The molecule has 1 amide bonds. The molecule has 0 unspecified atom stereocenters. The normalized spacial score (nSPS) is 16.7. The van der Waals surface area contributed by atoms with Crippen molar-refractivity contribution < 1.29 is 4.79 Å². The summed E-state index contributed by atoms with van der Waals surface area (Å²) in [6.45, 7) is 1.65. The van der Waals surface area contributed by atoms with Crippen LogP contribution in [0.3, 0.4) is 0 Å². The van der Waals surface area contributed by atoms with E-state index in [1.54, 1.807) is 23.3 Å². The van der Waals surface area contributed by atoms with E-state index in [9.17, 15) is 4.79 Å². The van der Waals surface area contributed by atoms with Gasteiger partial charge < -0.3 is 16.0 Å². The quantitative estimate of drug-likeness (QED) is 0.521. The number of para-hydroxylation sites is 1. The lowest BCUT2D eigenvalue weighted by molar-refractivity contribution is 0.102. The number of anilines is 2. The molecule has 152 valence electrons. The van der Waals surface area contributed by atoms with Gasteiger partial charge in [0.2, 0.25) is 10.1 Å². The fourth-order valence-electron chi connectivity index (χ4n) is 3.68. The summed E-state index contributed by atoms with van der Waals surface area (Å²) < 4.78 is 1.69. The molecule has 1 atom stereocenters. The maximum Gasteiger partial charge on any atom is 0.286 e. The number of hydrogen-bond donors (Lipinski definition) is 2. The Morgan fingerprint density at radius 3 is 3.00 bits per heavy atom. The summed E-state index contributed by atoms with van der Waals surface area (Å²) in [5.74, 6) is -0.328. The van der Waals surface area contributed by atoms with E-state index in [-0.39, 0.29) is 17.0 Å². The van der Waals surface area contributed by atoms with Crippen LogP contribution in [0, 0.1) is 0 Å². The lowest BCUT2D eigenvalue weighted by Gasteiger charge is -2.33. The highest BCUT2D eigenvalue weighted by molar-refractivity contribution is 7.15. The van der Waals surface area contributed by atoms with Crippen LogP contribution in [-0.2, 0) is 0 Å². The second-order valence-corrected chi connectivity index (χ2v) is 8.16. The molecule has 3 N–H and O–H groups in total. The first-order valence-corrected chi connectivity index (χ1v) is 10.5. The van der Waals surface area contributed by atoms with Crippen LogP contribution in [0.25, 0.3) is 16.0 Å². The van der Waals surface area contributed by atoms with Gasteiger partial charge in [-0.1, -0.05) is 29.5 Å². The average molecular weight is 421 g/mol. The van der Waals surface area contributed by atoms with Crippen LogP contribution in [0.2, 0.25) is 0 Å². The van der Waals surface area contributed by atoms with Gasteiger partial charge >= 0.3 is 0 Å². The van der Waals surface area contributed by atoms with E-state index >= 15 is 0 Å². The van der Waals surface area contributed by atoms with E-state index < -0.39 is 0 Å². The Hall–Kier alpha value is -3.37. The molecule has 0 saturated carbocycles. The van der Waals surface area contributed by atoms with Crippen LogP contribution in [0.5, 0.6) is 0 Å². The molecule has 1 saturated heterocycles. The lowest BCUT2D eigenvalue weighted by Crippen LogP contribution is -2.43. The highest BCUT2D eigenvalue weighted by Gasteiger charge is 2.22. The van der Waals surface area contributed by atoms with Crippen LogP contribution in [0.15, 0.2) is 48.9 Å². The largest absolute Gasteiger partial charge is 0.368 e. The third kappa shape index (κ3) is 3.51. The van der Waals surface area contributed by atoms with Crippen molar-refractivity contribution in [2.45, 2.75) is 18.9 Å². The van der Waals surface area contributed by atoms with Crippen LogP contribution in [-0.4, -0.2) is 50.0 Å². The van der Waals surface area contributed by atoms with Gasteiger partial charge in [0.1, 0.15) is 0 Å². The second kappa shape index (κ2) is 7.81. The monoisotopic (exact) mass is 420 g/mol. The zero-order valence-electron chi connectivity index (χ0n) is 16.1. The maximum absolute atomic E-state index is 12.9. The van der Waals surface area contributed by atoms with E-state index in [4.69, 9.17) is 5.73 Å². The molecule has 30 heavy (non-hydrogen) atoms. The Bertz CT molecular complexity index is 1200. The van der Waals surface area contributed by atoms with Crippen molar-refractivity contribution in [1.29, 1.82) is 0 Å². The molecule has 9 nitrogen and oxygen atoms in total. The van der Waals surface area contributed by atoms with Gasteiger partial charge in [0.05, 0.1) is 29.3 Å². The molecule has 4 heterocycles. The number of nitrogens with two attached hydrogens (primary N) is 1. The molecule has 1 fully saturated rings. The first-order chi connectivity index (χ1) is 14.7. The minimum absolute atomic E-state index is 0.130. The first kappa shape index (κ1) is 18.6. The Morgan fingerprint density at radius 2 is 2.10 bits per heavy atom. The van der Waals surface area contributed by atoms with Gasteiger partial charge in [-0.3, -0.25) is 9.78 Å². The summed E-state index contributed by atoms with van der Waals surface area (Å²) in [7, 11) is 0. The summed E-state index contributed by atoms with van der Waals surface area (Å²) in [5, 5.41) is 17.3. The van der Waals surface area contributed by atoms with Crippen molar-refractivity contribution in [1.82, 2.24) is 25.0 Å². The fourth-order valence-corrected chi connectivity index (χ4v) is 4.39. The molecule has 10 heteroatoms. The van der Waals surface area contributed by atoms with Gasteiger partial charge in [0, 0.05) is 30.7 Å². The minimum Gasteiger partial charge on any atom is -0.368 e. The van der Waals surface area contributed by atoms with Crippen molar-refractivity contribution in [3.8, 4) is 5.13 Å². The van der Waals surface area contributed by atoms with Crippen molar-refractivity contribution in [2.75, 3.05) is 23.3 Å². The zero-order chi connectivity index (χ0) is 20.5. The van der Waals surface area contributed by atoms with Crippen LogP contribution in [0.1, 0.15) is 22.6 Å². The lowest BCUT2D eigenvalue weighted by atomic mass is 10.1. The second-order valence-electron chi connectivity index (χ2n) is 7.20. The molecule has 1 aliphatic heterocycles. The third-order valence-corrected chi connectivity index (χ3v) is 6.01. The summed E-state index contributed by atoms with van der Waals surface area (Å²) >= 11 is 1.19. The maximum atomic E-state index is 12.9. The number of aromatic nitrogens is 5. The molecule has 0 radical (unpaired) electrons. The zero-order valence-corrected chi connectivity index (χ0v) is 16.9. The summed E-state index contributed by atoms with van der Waals surface area (Å²) in [5.41, 5.74) is 8.59. The fraction of sp³-hybridized carbons (Fsp3) is 0.250. The van der Waals surface area contributed by atoms with Gasteiger partial charge in [0.15, 0.2) is 0 Å². The molecule has 0 aliphatic carbocycles. The van der Waals surface area contributed by atoms with Gasteiger partial charge in [0.25, 0.3) is 5.91 Å². The predicted molar refractivity (Wildman–Crippen MR) is 116 cm³/mol. The van der Waals surface area contributed by atoms with Gasteiger partial charge in [-0.25, -0.2) is 4.68 Å². The van der Waals surface area contributed by atoms with E-state index in [0.29, 0.717) is 10.8 Å². The minimum atomic E-state index is -0.328. The number of hydrogen-bond acceptors (Lipinski definition) is 8. The molecule has 1 aliphatic rings. The summed E-state index contributed by atoms with van der Waals surface area (Å²) in [6.07, 6.45) is 7.17. The van der Waals surface area contributed by atoms with Crippen LogP contribution < -0.4 is 16.0 Å². The number of rotatable bonds is 4. The smallest absolute Gasteiger partial charge is 0.286 e.